The maximum absolute atomic E-state index is 12.1. The van der Waals surface area contributed by atoms with Crippen molar-refractivity contribution < 1.29 is 14.3 Å². The third kappa shape index (κ3) is 3.80. The van der Waals surface area contributed by atoms with Gasteiger partial charge >= 0.3 is 0 Å². The molecule has 0 saturated heterocycles. The van der Waals surface area contributed by atoms with Crippen LogP contribution < -0.4 is 0 Å². The monoisotopic (exact) mass is 390 g/mol. The minimum absolute atomic E-state index is 0.0735. The lowest BCUT2D eigenvalue weighted by atomic mass is 10.1. The van der Waals surface area contributed by atoms with Crippen LogP contribution in [-0.4, -0.2) is 26.8 Å². The number of hydrogen-bond donors (Lipinski definition) is 1. The van der Waals surface area contributed by atoms with Gasteiger partial charge in [0.25, 0.3) is 5.22 Å². The molecule has 23 heavy (non-hydrogen) atoms. The number of benzene rings is 2. The predicted molar refractivity (Wildman–Crippen MR) is 90.6 cm³/mol. The first-order chi connectivity index (χ1) is 11.1. The molecule has 1 heterocycles. The van der Waals surface area contributed by atoms with Crippen LogP contribution in [-0.2, 0) is 0 Å². The molecule has 0 atom stereocenters. The van der Waals surface area contributed by atoms with Crippen molar-refractivity contribution in [2.75, 3.05) is 5.75 Å². The zero-order chi connectivity index (χ0) is 16.2. The van der Waals surface area contributed by atoms with Gasteiger partial charge in [0.15, 0.2) is 5.78 Å². The van der Waals surface area contributed by atoms with Crippen molar-refractivity contribution >= 4 is 33.5 Å². The van der Waals surface area contributed by atoms with Crippen LogP contribution in [0.15, 0.2) is 62.6 Å². The van der Waals surface area contributed by atoms with E-state index in [0.29, 0.717) is 16.7 Å². The summed E-state index contributed by atoms with van der Waals surface area (Å²) in [5.41, 5.74) is 1.33. The number of carbonyl (C=O) groups excluding carboxylic acids is 1. The molecule has 3 rings (SSSR count). The molecule has 1 aromatic heterocycles. The van der Waals surface area contributed by atoms with E-state index in [2.05, 4.69) is 26.1 Å². The number of ketones is 1. The van der Waals surface area contributed by atoms with Crippen molar-refractivity contribution in [3.63, 3.8) is 0 Å². The summed E-state index contributed by atoms with van der Waals surface area (Å²) < 4.78 is 6.44. The number of phenolic OH excluding ortho intramolecular Hbond substituents is 1. The first kappa shape index (κ1) is 15.8. The van der Waals surface area contributed by atoms with Gasteiger partial charge in [-0.1, -0.05) is 23.9 Å². The van der Waals surface area contributed by atoms with Gasteiger partial charge in [0, 0.05) is 10.0 Å². The molecule has 3 aromatic rings. The maximum atomic E-state index is 12.1. The van der Waals surface area contributed by atoms with Crippen LogP contribution in [0.4, 0.5) is 0 Å². The standard InChI is InChI=1S/C16H11BrN2O3S/c17-13-4-2-1-3-12(13)15-18-19-16(22-15)23-9-14(21)10-5-7-11(20)8-6-10/h1-8,20H,9H2. The second-order valence-corrected chi connectivity index (χ2v) is 6.39. The molecule has 0 fully saturated rings. The maximum Gasteiger partial charge on any atom is 0.277 e. The Labute approximate surface area is 144 Å². The van der Waals surface area contributed by atoms with Gasteiger partial charge < -0.3 is 9.52 Å². The molecule has 0 aliphatic rings. The summed E-state index contributed by atoms with van der Waals surface area (Å²) in [6, 6.07) is 13.7. The molecule has 0 amide bonds. The second kappa shape index (κ2) is 6.97. The van der Waals surface area contributed by atoms with Gasteiger partial charge in [-0.05, 0) is 52.3 Å². The smallest absolute Gasteiger partial charge is 0.277 e. The second-order valence-electron chi connectivity index (χ2n) is 4.61. The number of aromatic hydroxyl groups is 1. The molecule has 0 bridgehead atoms. The predicted octanol–water partition coefficient (Wildman–Crippen LogP) is 4.18. The van der Waals surface area contributed by atoms with Crippen LogP contribution in [0, 0.1) is 0 Å². The third-order valence-corrected chi connectivity index (χ3v) is 4.54. The van der Waals surface area contributed by atoms with Crippen molar-refractivity contribution in [2.45, 2.75) is 5.22 Å². The molecule has 0 saturated carbocycles. The van der Waals surface area contributed by atoms with Crippen molar-refractivity contribution in [3.05, 3.63) is 58.6 Å². The lowest BCUT2D eigenvalue weighted by Gasteiger charge is -1.99. The van der Waals surface area contributed by atoms with Crippen LogP contribution in [0.25, 0.3) is 11.5 Å². The minimum Gasteiger partial charge on any atom is -0.508 e. The molecule has 0 aliphatic heterocycles. The number of aromatic nitrogens is 2. The largest absolute Gasteiger partial charge is 0.508 e. The number of Topliss-reactive ketones (excluding diaryl/α,β-unsaturated/α-hetero) is 1. The summed E-state index contributed by atoms with van der Waals surface area (Å²) in [5, 5.41) is 17.5. The van der Waals surface area contributed by atoms with Crippen LogP contribution in [0.1, 0.15) is 10.4 Å². The Morgan fingerprint density at radius 1 is 1.13 bits per heavy atom. The Hall–Kier alpha value is -2.12. The van der Waals surface area contributed by atoms with Gasteiger partial charge in [-0.15, -0.1) is 10.2 Å². The molecule has 2 aromatic carbocycles. The molecular formula is C16H11BrN2O3S. The lowest BCUT2D eigenvalue weighted by molar-refractivity contribution is 0.102. The average Bonchev–Trinajstić information content (AvgIpc) is 3.02. The first-order valence-corrected chi connectivity index (χ1v) is 8.45. The highest BCUT2D eigenvalue weighted by Gasteiger charge is 2.13. The number of rotatable bonds is 5. The highest BCUT2D eigenvalue weighted by Crippen LogP contribution is 2.29. The van der Waals surface area contributed by atoms with Gasteiger partial charge in [0.05, 0.1) is 11.3 Å². The molecule has 0 unspecified atom stereocenters. The van der Waals surface area contributed by atoms with Crippen molar-refractivity contribution in [3.8, 4) is 17.2 Å². The molecule has 0 spiro atoms. The highest BCUT2D eigenvalue weighted by molar-refractivity contribution is 9.10. The van der Waals surface area contributed by atoms with E-state index in [0.717, 1.165) is 10.0 Å². The fraction of sp³-hybridized carbons (Fsp3) is 0.0625. The molecular weight excluding hydrogens is 380 g/mol. The number of hydrogen-bond acceptors (Lipinski definition) is 6. The van der Waals surface area contributed by atoms with E-state index in [9.17, 15) is 9.90 Å². The van der Waals surface area contributed by atoms with E-state index in [1.807, 2.05) is 24.3 Å². The highest BCUT2D eigenvalue weighted by atomic mass is 79.9. The Bertz CT molecular complexity index is 833. The van der Waals surface area contributed by atoms with Gasteiger partial charge in [-0.3, -0.25) is 4.79 Å². The summed E-state index contributed by atoms with van der Waals surface area (Å²) >= 11 is 4.61. The molecule has 5 nitrogen and oxygen atoms in total. The Kier molecular flexibility index (Phi) is 4.78. The normalized spacial score (nSPS) is 10.7. The van der Waals surface area contributed by atoms with Gasteiger partial charge in [0.2, 0.25) is 5.89 Å². The summed E-state index contributed by atoms with van der Waals surface area (Å²) in [4.78, 5) is 12.1. The topological polar surface area (TPSA) is 76.2 Å². The zero-order valence-corrected chi connectivity index (χ0v) is 14.2. The fourth-order valence-corrected chi connectivity index (χ4v) is 2.98. The van der Waals surface area contributed by atoms with Crippen molar-refractivity contribution in [1.82, 2.24) is 10.2 Å². The molecule has 116 valence electrons. The number of nitrogens with zero attached hydrogens (tertiary/aromatic N) is 2. The van der Waals surface area contributed by atoms with Gasteiger partial charge in [-0.25, -0.2) is 0 Å². The quantitative estimate of drug-likeness (QED) is 0.520. The fourth-order valence-electron chi connectivity index (χ4n) is 1.87. The third-order valence-electron chi connectivity index (χ3n) is 3.03. The Balaban J connectivity index is 1.67. The lowest BCUT2D eigenvalue weighted by Crippen LogP contribution is -2.01. The summed E-state index contributed by atoms with van der Waals surface area (Å²) in [6.45, 7) is 0. The summed E-state index contributed by atoms with van der Waals surface area (Å²) in [5.74, 6) is 0.638. The number of halogens is 1. The van der Waals surface area contributed by atoms with E-state index >= 15 is 0 Å². The van der Waals surface area contributed by atoms with E-state index in [1.54, 1.807) is 12.1 Å². The average molecular weight is 391 g/mol. The number of phenols is 1. The van der Waals surface area contributed by atoms with Crippen LogP contribution in [0.3, 0.4) is 0 Å². The zero-order valence-electron chi connectivity index (χ0n) is 11.8. The molecule has 0 radical (unpaired) electrons. The SMILES string of the molecule is O=C(CSc1nnc(-c2ccccc2Br)o1)c1ccc(O)cc1. The number of carbonyl (C=O) groups is 1. The molecule has 0 aliphatic carbocycles. The molecule has 1 N–H and O–H groups in total. The molecule has 7 heteroatoms. The van der Waals surface area contributed by atoms with E-state index in [-0.39, 0.29) is 17.3 Å². The van der Waals surface area contributed by atoms with Gasteiger partial charge in [0.1, 0.15) is 5.75 Å². The van der Waals surface area contributed by atoms with Crippen molar-refractivity contribution in [1.29, 1.82) is 0 Å². The summed E-state index contributed by atoms with van der Waals surface area (Å²) in [6.07, 6.45) is 0. The van der Waals surface area contributed by atoms with Crippen molar-refractivity contribution in [2.24, 2.45) is 0 Å². The van der Waals surface area contributed by atoms with Crippen LogP contribution in [0.2, 0.25) is 0 Å². The number of thioether (sulfide) groups is 1. The van der Waals surface area contributed by atoms with E-state index in [1.165, 1.54) is 23.9 Å². The first-order valence-electron chi connectivity index (χ1n) is 6.67. The van der Waals surface area contributed by atoms with Gasteiger partial charge in [-0.2, -0.15) is 0 Å². The van der Waals surface area contributed by atoms with Crippen LogP contribution >= 0.6 is 27.7 Å². The Morgan fingerprint density at radius 3 is 2.61 bits per heavy atom. The van der Waals surface area contributed by atoms with Crippen LogP contribution in [0.5, 0.6) is 5.75 Å². The van der Waals surface area contributed by atoms with E-state index < -0.39 is 0 Å². The minimum atomic E-state index is -0.0735. The Morgan fingerprint density at radius 2 is 1.87 bits per heavy atom. The summed E-state index contributed by atoms with van der Waals surface area (Å²) in [7, 11) is 0. The van der Waals surface area contributed by atoms with E-state index in [4.69, 9.17) is 4.42 Å².